The van der Waals surface area contributed by atoms with Gasteiger partial charge in [-0.3, -0.25) is 9.48 Å². The number of nitrogens with zero attached hydrogens (tertiary/aromatic N) is 5. The highest BCUT2D eigenvalue weighted by atomic mass is 16.1. The molecule has 4 aromatic rings. The second-order valence-electron chi connectivity index (χ2n) is 7.25. The Morgan fingerprint density at radius 1 is 1.10 bits per heavy atom. The van der Waals surface area contributed by atoms with Crippen LogP contribution < -0.4 is 5.32 Å². The van der Waals surface area contributed by atoms with Gasteiger partial charge in [-0.1, -0.05) is 12.1 Å². The van der Waals surface area contributed by atoms with E-state index in [9.17, 15) is 4.79 Å². The average molecular weight is 386 g/mol. The van der Waals surface area contributed by atoms with Crippen LogP contribution in [0, 0.1) is 0 Å². The van der Waals surface area contributed by atoms with Gasteiger partial charge in [0.2, 0.25) is 0 Å². The summed E-state index contributed by atoms with van der Waals surface area (Å²) < 4.78 is 1.74. The van der Waals surface area contributed by atoms with Crippen LogP contribution >= 0.6 is 0 Å². The Bertz CT molecular complexity index is 1160. The number of aromatic nitrogens is 4. The Labute approximate surface area is 169 Å². The van der Waals surface area contributed by atoms with Gasteiger partial charge < -0.3 is 10.2 Å². The Morgan fingerprint density at radius 3 is 2.59 bits per heavy atom. The second-order valence-corrected chi connectivity index (χ2v) is 7.25. The van der Waals surface area contributed by atoms with E-state index in [4.69, 9.17) is 0 Å². The van der Waals surface area contributed by atoms with Crippen molar-refractivity contribution in [3.8, 4) is 11.3 Å². The summed E-state index contributed by atoms with van der Waals surface area (Å²) in [6.07, 6.45) is 5.40. The molecule has 29 heavy (non-hydrogen) atoms. The lowest BCUT2D eigenvalue weighted by Crippen LogP contribution is -2.14. The highest BCUT2D eigenvalue weighted by Crippen LogP contribution is 2.22. The van der Waals surface area contributed by atoms with Gasteiger partial charge in [-0.25, -0.2) is 9.97 Å². The normalized spacial score (nSPS) is 11.2. The molecule has 1 amide bonds. The Morgan fingerprint density at radius 2 is 1.90 bits per heavy atom. The number of carbonyl (C=O) groups excluding carboxylic acids is 1. The van der Waals surface area contributed by atoms with Crippen LogP contribution in [0.1, 0.15) is 15.9 Å². The third kappa shape index (κ3) is 4.30. The topological polar surface area (TPSA) is 75.9 Å². The smallest absolute Gasteiger partial charge is 0.256 e. The quantitative estimate of drug-likeness (QED) is 0.569. The number of pyridine rings is 2. The van der Waals surface area contributed by atoms with Crippen molar-refractivity contribution in [1.29, 1.82) is 0 Å². The molecule has 0 aliphatic rings. The lowest BCUT2D eigenvalue weighted by Gasteiger charge is -2.10. The lowest BCUT2D eigenvalue weighted by molar-refractivity contribution is 0.102. The summed E-state index contributed by atoms with van der Waals surface area (Å²) in [5.41, 5.74) is 4.27. The molecule has 0 bridgehead atoms. The summed E-state index contributed by atoms with van der Waals surface area (Å²) in [6, 6.07) is 13.3. The summed E-state index contributed by atoms with van der Waals surface area (Å²) in [6.45, 7) is 0.832. The van der Waals surface area contributed by atoms with Crippen molar-refractivity contribution >= 4 is 22.6 Å². The Balaban J connectivity index is 1.55. The molecule has 0 aliphatic carbocycles. The zero-order chi connectivity index (χ0) is 20.4. The predicted molar refractivity (Wildman–Crippen MR) is 114 cm³/mol. The fourth-order valence-electron chi connectivity index (χ4n) is 3.11. The van der Waals surface area contributed by atoms with Crippen LogP contribution in [0.3, 0.4) is 0 Å². The molecule has 0 saturated heterocycles. The van der Waals surface area contributed by atoms with Crippen LogP contribution in [0.15, 0.2) is 61.1 Å². The van der Waals surface area contributed by atoms with Crippen LogP contribution in [0.25, 0.3) is 22.2 Å². The van der Waals surface area contributed by atoms with E-state index >= 15 is 0 Å². The van der Waals surface area contributed by atoms with Crippen molar-refractivity contribution in [2.45, 2.75) is 6.54 Å². The van der Waals surface area contributed by atoms with Gasteiger partial charge >= 0.3 is 0 Å². The fourth-order valence-corrected chi connectivity index (χ4v) is 3.11. The molecule has 0 saturated carbocycles. The summed E-state index contributed by atoms with van der Waals surface area (Å²) in [7, 11) is 5.90. The first-order chi connectivity index (χ1) is 14.0. The number of aryl methyl sites for hydroxylation is 1. The van der Waals surface area contributed by atoms with Gasteiger partial charge in [0.15, 0.2) is 0 Å². The van der Waals surface area contributed by atoms with Gasteiger partial charge in [0, 0.05) is 48.6 Å². The third-order valence-electron chi connectivity index (χ3n) is 4.53. The Hall–Kier alpha value is -3.58. The molecule has 0 atom stereocenters. The molecule has 146 valence electrons. The molecule has 7 nitrogen and oxygen atoms in total. The number of carbonyl (C=O) groups is 1. The summed E-state index contributed by atoms with van der Waals surface area (Å²) in [5, 5.41) is 7.95. The first-order valence-corrected chi connectivity index (χ1v) is 9.29. The molecular formula is C22H22N6O. The first kappa shape index (κ1) is 18.8. The summed E-state index contributed by atoms with van der Waals surface area (Å²) >= 11 is 0. The van der Waals surface area contributed by atoms with E-state index < -0.39 is 0 Å². The van der Waals surface area contributed by atoms with Crippen LogP contribution in [0.5, 0.6) is 0 Å². The lowest BCUT2D eigenvalue weighted by atomic mass is 10.1. The molecule has 0 fully saturated rings. The summed E-state index contributed by atoms with van der Waals surface area (Å²) in [5.74, 6) is 0.271. The Kier molecular flexibility index (Phi) is 5.05. The minimum absolute atomic E-state index is 0.198. The zero-order valence-corrected chi connectivity index (χ0v) is 16.6. The van der Waals surface area contributed by atoms with Crippen molar-refractivity contribution in [3.05, 3.63) is 72.2 Å². The number of benzene rings is 1. The van der Waals surface area contributed by atoms with Crippen molar-refractivity contribution < 1.29 is 4.79 Å². The number of nitrogens with one attached hydrogen (secondary N) is 1. The highest BCUT2D eigenvalue weighted by Gasteiger charge is 2.09. The molecular weight excluding hydrogens is 364 g/mol. The van der Waals surface area contributed by atoms with E-state index in [1.165, 1.54) is 0 Å². The molecule has 0 unspecified atom stereocenters. The van der Waals surface area contributed by atoms with Gasteiger partial charge in [0.05, 0.1) is 17.4 Å². The van der Waals surface area contributed by atoms with E-state index in [1.807, 2.05) is 63.7 Å². The van der Waals surface area contributed by atoms with Crippen molar-refractivity contribution in [1.82, 2.24) is 24.6 Å². The van der Waals surface area contributed by atoms with Gasteiger partial charge in [-0.15, -0.1) is 0 Å². The fraction of sp³-hybridized carbons (Fsp3) is 0.182. The number of amides is 1. The second kappa shape index (κ2) is 7.81. The maximum Gasteiger partial charge on any atom is 0.256 e. The molecule has 3 aromatic heterocycles. The maximum absolute atomic E-state index is 12.6. The molecule has 1 aromatic carbocycles. The first-order valence-electron chi connectivity index (χ1n) is 9.29. The molecule has 0 spiro atoms. The largest absolute Gasteiger partial charge is 0.307 e. The molecule has 7 heteroatoms. The minimum Gasteiger partial charge on any atom is -0.307 e. The molecule has 4 rings (SSSR count). The van der Waals surface area contributed by atoms with Gasteiger partial charge in [0.1, 0.15) is 5.82 Å². The van der Waals surface area contributed by atoms with Crippen molar-refractivity contribution in [2.24, 2.45) is 7.05 Å². The number of hydrogen-bond acceptors (Lipinski definition) is 5. The number of hydrogen-bond donors (Lipinski definition) is 1. The van der Waals surface area contributed by atoms with E-state index in [2.05, 4.69) is 25.3 Å². The van der Waals surface area contributed by atoms with Crippen LogP contribution in [0.2, 0.25) is 0 Å². The number of fused-ring (bicyclic) bond motifs is 1. The minimum atomic E-state index is -0.198. The van der Waals surface area contributed by atoms with Crippen molar-refractivity contribution in [2.75, 3.05) is 19.4 Å². The SMILES string of the molecule is CN(C)Cc1ccc(C(=O)Nc2cc3nc(-c4cnn(C)c4)ccc3cn2)cc1. The van der Waals surface area contributed by atoms with E-state index in [0.717, 1.165) is 34.3 Å². The number of anilines is 1. The zero-order valence-electron chi connectivity index (χ0n) is 16.6. The molecule has 0 radical (unpaired) electrons. The predicted octanol–water partition coefficient (Wildman–Crippen LogP) is 3.34. The van der Waals surface area contributed by atoms with E-state index in [-0.39, 0.29) is 5.91 Å². The maximum atomic E-state index is 12.6. The van der Waals surface area contributed by atoms with Gasteiger partial charge in [-0.2, -0.15) is 5.10 Å². The van der Waals surface area contributed by atoms with E-state index in [1.54, 1.807) is 23.1 Å². The standard InChI is InChI=1S/C22H22N6O/c1-27(2)13-15-4-6-16(7-5-15)22(29)26-21-10-20-17(11-23-21)8-9-19(25-20)18-12-24-28(3)14-18/h4-12,14H,13H2,1-3H3,(H,23,26,29). The van der Waals surface area contributed by atoms with Crippen LogP contribution in [-0.4, -0.2) is 44.7 Å². The molecule has 0 aliphatic heterocycles. The molecule has 3 heterocycles. The summed E-state index contributed by atoms with van der Waals surface area (Å²) in [4.78, 5) is 23.7. The molecule has 1 N–H and O–H groups in total. The van der Waals surface area contributed by atoms with Crippen molar-refractivity contribution in [3.63, 3.8) is 0 Å². The van der Waals surface area contributed by atoms with Crippen LogP contribution in [-0.2, 0) is 13.6 Å². The van der Waals surface area contributed by atoms with E-state index in [0.29, 0.717) is 11.4 Å². The third-order valence-corrected chi connectivity index (χ3v) is 4.53. The van der Waals surface area contributed by atoms with Crippen LogP contribution in [0.4, 0.5) is 5.82 Å². The number of rotatable bonds is 5. The average Bonchev–Trinajstić information content (AvgIpc) is 3.14. The monoisotopic (exact) mass is 386 g/mol. The highest BCUT2D eigenvalue weighted by molar-refractivity contribution is 6.04. The van der Waals surface area contributed by atoms with Gasteiger partial charge in [0.25, 0.3) is 5.91 Å². The van der Waals surface area contributed by atoms with Gasteiger partial charge in [-0.05, 0) is 43.9 Å².